The standard InChI is InChI=1S/C25H26N2/c1-18-14-26(15-19(18)2)24-9-5-22(6-10-24)13-23-7-11-25(12-8-23)27-16-20(3)21(4)17-27/h5-12H,1-4,13-17H2. The molecule has 2 heterocycles. The molecule has 0 saturated carbocycles. The Hall–Kier alpha value is -3.00. The van der Waals surface area contributed by atoms with E-state index in [9.17, 15) is 0 Å². The number of benzene rings is 2. The molecule has 27 heavy (non-hydrogen) atoms. The second-order valence-corrected chi connectivity index (χ2v) is 7.64. The monoisotopic (exact) mass is 354 g/mol. The van der Waals surface area contributed by atoms with Crippen molar-refractivity contribution in [1.29, 1.82) is 0 Å². The van der Waals surface area contributed by atoms with Gasteiger partial charge in [0.15, 0.2) is 0 Å². The van der Waals surface area contributed by atoms with Gasteiger partial charge < -0.3 is 9.80 Å². The van der Waals surface area contributed by atoms with Gasteiger partial charge in [-0.1, -0.05) is 50.6 Å². The van der Waals surface area contributed by atoms with Gasteiger partial charge in [0.25, 0.3) is 0 Å². The summed E-state index contributed by atoms with van der Waals surface area (Å²) in [7, 11) is 0. The van der Waals surface area contributed by atoms with Gasteiger partial charge in [-0.25, -0.2) is 0 Å². The van der Waals surface area contributed by atoms with E-state index in [1.54, 1.807) is 0 Å². The molecule has 2 saturated heterocycles. The molecular weight excluding hydrogens is 328 g/mol. The number of rotatable bonds is 4. The van der Waals surface area contributed by atoms with E-state index in [4.69, 9.17) is 0 Å². The van der Waals surface area contributed by atoms with Crippen LogP contribution in [0, 0.1) is 0 Å². The van der Waals surface area contributed by atoms with Crippen LogP contribution in [-0.4, -0.2) is 26.2 Å². The van der Waals surface area contributed by atoms with Crippen LogP contribution in [0.2, 0.25) is 0 Å². The van der Waals surface area contributed by atoms with E-state index in [1.807, 2.05) is 0 Å². The van der Waals surface area contributed by atoms with Gasteiger partial charge in [0.1, 0.15) is 0 Å². The fourth-order valence-corrected chi connectivity index (χ4v) is 3.73. The second-order valence-electron chi connectivity index (χ2n) is 7.64. The molecular formula is C25H26N2. The average Bonchev–Trinajstić information content (AvgIpc) is 3.18. The molecule has 2 nitrogen and oxygen atoms in total. The molecule has 0 aromatic heterocycles. The van der Waals surface area contributed by atoms with Gasteiger partial charge in [-0.05, 0) is 64.1 Å². The third-order valence-corrected chi connectivity index (χ3v) is 5.54. The maximum absolute atomic E-state index is 4.07. The Kier molecular flexibility index (Phi) is 4.49. The maximum Gasteiger partial charge on any atom is 0.0430 e. The molecule has 0 radical (unpaired) electrons. The van der Waals surface area contributed by atoms with Crippen LogP contribution in [0.1, 0.15) is 11.1 Å². The van der Waals surface area contributed by atoms with Crippen LogP contribution < -0.4 is 9.80 Å². The first-order valence-corrected chi connectivity index (χ1v) is 9.39. The number of nitrogens with zero attached hydrogens (tertiary/aromatic N) is 2. The molecule has 0 N–H and O–H groups in total. The molecule has 2 aliphatic rings. The zero-order chi connectivity index (χ0) is 19.0. The van der Waals surface area contributed by atoms with Gasteiger partial charge in [-0.15, -0.1) is 0 Å². The summed E-state index contributed by atoms with van der Waals surface area (Å²) in [5.74, 6) is 0. The molecule has 0 aliphatic carbocycles. The smallest absolute Gasteiger partial charge is 0.0430 e. The van der Waals surface area contributed by atoms with E-state index >= 15 is 0 Å². The summed E-state index contributed by atoms with van der Waals surface area (Å²) in [6.07, 6.45) is 0.944. The van der Waals surface area contributed by atoms with Crippen molar-refractivity contribution >= 4 is 11.4 Å². The largest absolute Gasteiger partial charge is 0.363 e. The van der Waals surface area contributed by atoms with Crippen LogP contribution >= 0.6 is 0 Å². The van der Waals surface area contributed by atoms with E-state index in [0.717, 1.165) is 54.9 Å². The summed E-state index contributed by atoms with van der Waals surface area (Å²) in [4.78, 5) is 4.64. The molecule has 2 aromatic carbocycles. The Morgan fingerprint density at radius 3 is 1.11 bits per heavy atom. The van der Waals surface area contributed by atoms with Gasteiger partial charge in [-0.2, -0.15) is 0 Å². The van der Waals surface area contributed by atoms with E-state index in [-0.39, 0.29) is 0 Å². The normalized spacial score (nSPS) is 17.3. The minimum absolute atomic E-state index is 0.884. The fourth-order valence-electron chi connectivity index (χ4n) is 3.73. The van der Waals surface area contributed by atoms with Crippen molar-refractivity contribution in [3.63, 3.8) is 0 Å². The Labute approximate surface area is 162 Å². The van der Waals surface area contributed by atoms with Crippen molar-refractivity contribution < 1.29 is 0 Å². The Bertz CT molecular complexity index is 806. The van der Waals surface area contributed by atoms with Crippen molar-refractivity contribution in [3.8, 4) is 0 Å². The van der Waals surface area contributed by atoms with Crippen LogP contribution in [0.25, 0.3) is 0 Å². The lowest BCUT2D eigenvalue weighted by molar-refractivity contribution is 1.01. The molecule has 4 rings (SSSR count). The average molecular weight is 354 g/mol. The molecule has 2 heteroatoms. The van der Waals surface area contributed by atoms with Gasteiger partial charge in [0, 0.05) is 37.6 Å². The summed E-state index contributed by atoms with van der Waals surface area (Å²) < 4.78 is 0. The highest BCUT2D eigenvalue weighted by molar-refractivity contribution is 5.57. The summed E-state index contributed by atoms with van der Waals surface area (Å²) in [5.41, 5.74) is 9.70. The lowest BCUT2D eigenvalue weighted by Gasteiger charge is -2.18. The molecule has 0 atom stereocenters. The Morgan fingerprint density at radius 2 is 0.815 bits per heavy atom. The topological polar surface area (TPSA) is 6.48 Å². The first-order valence-electron chi connectivity index (χ1n) is 9.39. The Morgan fingerprint density at radius 1 is 0.519 bits per heavy atom. The molecule has 2 aliphatic heterocycles. The molecule has 0 amide bonds. The molecule has 0 unspecified atom stereocenters. The van der Waals surface area contributed by atoms with Crippen molar-refractivity contribution in [2.75, 3.05) is 36.0 Å². The summed E-state index contributed by atoms with van der Waals surface area (Å²) >= 11 is 0. The van der Waals surface area contributed by atoms with Crippen LogP contribution in [0.3, 0.4) is 0 Å². The number of hydrogen-bond donors (Lipinski definition) is 0. The zero-order valence-corrected chi connectivity index (χ0v) is 15.9. The van der Waals surface area contributed by atoms with E-state index < -0.39 is 0 Å². The van der Waals surface area contributed by atoms with Crippen molar-refractivity contribution in [1.82, 2.24) is 0 Å². The van der Waals surface area contributed by atoms with Gasteiger partial charge in [0.2, 0.25) is 0 Å². The number of anilines is 2. The van der Waals surface area contributed by atoms with Crippen LogP contribution in [0.5, 0.6) is 0 Å². The van der Waals surface area contributed by atoms with Crippen LogP contribution in [0.4, 0.5) is 11.4 Å². The van der Waals surface area contributed by atoms with Gasteiger partial charge in [0.05, 0.1) is 0 Å². The quantitative estimate of drug-likeness (QED) is 0.750. The molecule has 0 bridgehead atoms. The van der Waals surface area contributed by atoms with E-state index in [2.05, 4.69) is 84.6 Å². The molecule has 2 aromatic rings. The molecule has 0 spiro atoms. The lowest BCUT2D eigenvalue weighted by Crippen LogP contribution is -2.18. The highest BCUT2D eigenvalue weighted by Crippen LogP contribution is 2.27. The SMILES string of the molecule is C=C1CN(c2ccc(Cc3ccc(N4CC(=C)C(=C)C4)cc3)cc2)CC1=C. The predicted octanol–water partition coefficient (Wildman–Crippen LogP) is 5.14. The van der Waals surface area contributed by atoms with Crippen molar-refractivity contribution in [2.45, 2.75) is 6.42 Å². The van der Waals surface area contributed by atoms with Gasteiger partial charge >= 0.3 is 0 Å². The fraction of sp³-hybridized carbons (Fsp3) is 0.200. The highest BCUT2D eigenvalue weighted by atomic mass is 15.2. The summed E-state index contributed by atoms with van der Waals surface area (Å²) in [6.45, 7) is 19.8. The highest BCUT2D eigenvalue weighted by Gasteiger charge is 2.19. The third kappa shape index (κ3) is 3.61. The summed E-state index contributed by atoms with van der Waals surface area (Å²) in [6, 6.07) is 17.7. The second kappa shape index (κ2) is 6.96. The van der Waals surface area contributed by atoms with E-state index in [1.165, 1.54) is 22.5 Å². The lowest BCUT2D eigenvalue weighted by atomic mass is 10.0. The Balaban J connectivity index is 1.40. The maximum atomic E-state index is 4.07. The first-order chi connectivity index (χ1) is 13.0. The van der Waals surface area contributed by atoms with Crippen LogP contribution in [-0.2, 0) is 6.42 Å². The minimum atomic E-state index is 0.884. The van der Waals surface area contributed by atoms with E-state index in [0.29, 0.717) is 0 Å². The summed E-state index contributed by atoms with van der Waals surface area (Å²) in [5, 5.41) is 0. The van der Waals surface area contributed by atoms with Crippen LogP contribution in [0.15, 0.2) is 97.1 Å². The predicted molar refractivity (Wildman–Crippen MR) is 117 cm³/mol. The van der Waals surface area contributed by atoms with Crippen molar-refractivity contribution in [2.24, 2.45) is 0 Å². The first kappa shape index (κ1) is 17.4. The molecule has 2 fully saturated rings. The molecule has 136 valence electrons. The minimum Gasteiger partial charge on any atom is -0.363 e. The zero-order valence-electron chi connectivity index (χ0n) is 15.9. The third-order valence-electron chi connectivity index (χ3n) is 5.54. The van der Waals surface area contributed by atoms with Gasteiger partial charge in [-0.3, -0.25) is 0 Å². The number of hydrogen-bond acceptors (Lipinski definition) is 2. The van der Waals surface area contributed by atoms with Crippen molar-refractivity contribution in [3.05, 3.63) is 108 Å².